The number of hydrogen-bond donors (Lipinski definition) is 1. The van der Waals surface area contributed by atoms with Gasteiger partial charge < -0.3 is 10.5 Å². The summed E-state index contributed by atoms with van der Waals surface area (Å²) in [5.74, 6) is 1.54. The lowest BCUT2D eigenvalue weighted by atomic mass is 9.80. The molecule has 3 heteroatoms. The van der Waals surface area contributed by atoms with Crippen LogP contribution in [0.15, 0.2) is 24.3 Å². The van der Waals surface area contributed by atoms with Crippen LogP contribution in [0.3, 0.4) is 0 Å². The lowest BCUT2D eigenvalue weighted by Gasteiger charge is -2.30. The van der Waals surface area contributed by atoms with E-state index >= 15 is 0 Å². The third-order valence-electron chi connectivity index (χ3n) is 5.83. The summed E-state index contributed by atoms with van der Waals surface area (Å²) in [6, 6.07) is 8.45. The standard InChI is InChI=1S/C18H23NO2/c19-18-13-6-5-12(9-13)17(18)15(20)10-16-14-4-2-1-3-11(14)7-8-21-16/h1-4,12-13,16-18H,5-10,19H2. The second kappa shape index (κ2) is 5.22. The molecular formula is C18H23NO2. The number of rotatable bonds is 3. The molecule has 0 spiro atoms. The maximum atomic E-state index is 12.8. The van der Waals surface area contributed by atoms with Crippen LogP contribution in [0.2, 0.25) is 0 Å². The van der Waals surface area contributed by atoms with Gasteiger partial charge in [-0.3, -0.25) is 4.79 Å². The van der Waals surface area contributed by atoms with Crippen molar-refractivity contribution >= 4 is 5.78 Å². The zero-order chi connectivity index (χ0) is 14.4. The van der Waals surface area contributed by atoms with Gasteiger partial charge in [0.05, 0.1) is 12.7 Å². The molecule has 0 aromatic heterocycles. The Balaban J connectivity index is 1.51. The Morgan fingerprint density at radius 1 is 1.24 bits per heavy atom. The van der Waals surface area contributed by atoms with E-state index in [1.54, 1.807) is 0 Å². The normalized spacial score (nSPS) is 37.5. The van der Waals surface area contributed by atoms with Crippen molar-refractivity contribution in [1.29, 1.82) is 0 Å². The molecule has 1 aromatic carbocycles. The van der Waals surface area contributed by atoms with Crippen LogP contribution < -0.4 is 5.73 Å². The number of fused-ring (bicyclic) bond motifs is 3. The molecule has 2 bridgehead atoms. The minimum absolute atomic E-state index is 0.0613. The lowest BCUT2D eigenvalue weighted by molar-refractivity contribution is -0.128. The summed E-state index contributed by atoms with van der Waals surface area (Å²) in [4.78, 5) is 12.8. The number of hydrogen-bond acceptors (Lipinski definition) is 3. The van der Waals surface area contributed by atoms with Crippen molar-refractivity contribution in [3.63, 3.8) is 0 Å². The van der Waals surface area contributed by atoms with Crippen LogP contribution in [0.5, 0.6) is 0 Å². The average molecular weight is 285 g/mol. The van der Waals surface area contributed by atoms with E-state index in [9.17, 15) is 4.79 Å². The third-order valence-corrected chi connectivity index (χ3v) is 5.83. The zero-order valence-electron chi connectivity index (χ0n) is 12.3. The summed E-state index contributed by atoms with van der Waals surface area (Å²) < 4.78 is 5.89. The van der Waals surface area contributed by atoms with Gasteiger partial charge in [-0.05, 0) is 48.6 Å². The van der Waals surface area contributed by atoms with E-state index in [1.807, 2.05) is 6.07 Å². The van der Waals surface area contributed by atoms with Crippen LogP contribution in [-0.2, 0) is 16.0 Å². The first kappa shape index (κ1) is 13.5. The quantitative estimate of drug-likeness (QED) is 0.929. The molecule has 5 atom stereocenters. The molecule has 0 radical (unpaired) electrons. The van der Waals surface area contributed by atoms with E-state index in [-0.39, 0.29) is 18.1 Å². The van der Waals surface area contributed by atoms with Crippen LogP contribution in [0.25, 0.3) is 0 Å². The van der Waals surface area contributed by atoms with E-state index in [4.69, 9.17) is 10.5 Å². The number of Topliss-reactive ketones (excluding diaryl/α,β-unsaturated/α-hetero) is 1. The molecule has 5 unspecified atom stereocenters. The fourth-order valence-electron chi connectivity index (χ4n) is 4.78. The molecule has 2 aliphatic carbocycles. The van der Waals surface area contributed by atoms with E-state index in [0.29, 0.717) is 24.0 Å². The first-order chi connectivity index (χ1) is 10.2. The van der Waals surface area contributed by atoms with Crippen molar-refractivity contribution in [3.8, 4) is 0 Å². The van der Waals surface area contributed by atoms with Crippen molar-refractivity contribution < 1.29 is 9.53 Å². The van der Waals surface area contributed by atoms with Crippen molar-refractivity contribution in [2.24, 2.45) is 23.5 Å². The molecule has 2 fully saturated rings. The van der Waals surface area contributed by atoms with Crippen LogP contribution in [-0.4, -0.2) is 18.4 Å². The zero-order valence-corrected chi connectivity index (χ0v) is 12.3. The van der Waals surface area contributed by atoms with Gasteiger partial charge in [0.2, 0.25) is 0 Å². The van der Waals surface area contributed by atoms with Gasteiger partial charge in [-0.25, -0.2) is 0 Å². The highest BCUT2D eigenvalue weighted by Crippen LogP contribution is 2.48. The predicted molar refractivity (Wildman–Crippen MR) is 80.8 cm³/mol. The second-order valence-electron chi connectivity index (χ2n) is 6.92. The Morgan fingerprint density at radius 2 is 2.05 bits per heavy atom. The smallest absolute Gasteiger partial charge is 0.140 e. The second-order valence-corrected chi connectivity index (χ2v) is 6.92. The van der Waals surface area contributed by atoms with Crippen LogP contribution in [0, 0.1) is 17.8 Å². The van der Waals surface area contributed by atoms with Crippen LogP contribution in [0.1, 0.15) is 42.9 Å². The summed E-state index contributed by atoms with van der Waals surface area (Å²) in [6.45, 7) is 0.720. The van der Waals surface area contributed by atoms with Gasteiger partial charge >= 0.3 is 0 Å². The van der Waals surface area contributed by atoms with Gasteiger partial charge in [0.25, 0.3) is 0 Å². The van der Waals surface area contributed by atoms with Crippen molar-refractivity contribution in [2.45, 2.75) is 44.2 Å². The summed E-state index contributed by atoms with van der Waals surface area (Å²) >= 11 is 0. The summed E-state index contributed by atoms with van der Waals surface area (Å²) in [5.41, 5.74) is 8.84. The minimum atomic E-state index is -0.0613. The maximum absolute atomic E-state index is 12.8. The molecule has 3 aliphatic rings. The molecule has 21 heavy (non-hydrogen) atoms. The predicted octanol–water partition coefficient (Wildman–Crippen LogP) is 2.63. The van der Waals surface area contributed by atoms with E-state index in [1.165, 1.54) is 30.4 Å². The molecule has 4 rings (SSSR count). The fourth-order valence-corrected chi connectivity index (χ4v) is 4.78. The number of carbonyl (C=O) groups is 1. The molecule has 0 saturated heterocycles. The summed E-state index contributed by atoms with van der Waals surface area (Å²) in [7, 11) is 0. The van der Waals surface area contributed by atoms with Gasteiger partial charge in [-0.2, -0.15) is 0 Å². The topological polar surface area (TPSA) is 52.3 Å². The Bertz CT molecular complexity index is 554. The number of ketones is 1. The maximum Gasteiger partial charge on any atom is 0.140 e. The van der Waals surface area contributed by atoms with Crippen molar-refractivity contribution in [3.05, 3.63) is 35.4 Å². The number of ether oxygens (including phenoxy) is 1. The number of carbonyl (C=O) groups excluding carboxylic acids is 1. The fraction of sp³-hybridized carbons (Fsp3) is 0.611. The first-order valence-corrected chi connectivity index (χ1v) is 8.21. The Hall–Kier alpha value is -1.19. The largest absolute Gasteiger partial charge is 0.373 e. The SMILES string of the molecule is NC1C2CCC(C2)C1C(=O)CC1OCCc2ccccc21. The molecule has 1 aliphatic heterocycles. The van der Waals surface area contributed by atoms with Crippen molar-refractivity contribution in [1.82, 2.24) is 0 Å². The Morgan fingerprint density at radius 3 is 2.86 bits per heavy atom. The van der Waals surface area contributed by atoms with Gasteiger partial charge in [0.15, 0.2) is 0 Å². The highest BCUT2D eigenvalue weighted by molar-refractivity contribution is 5.83. The average Bonchev–Trinajstić information content (AvgIpc) is 3.08. The Labute approximate surface area is 125 Å². The van der Waals surface area contributed by atoms with Gasteiger partial charge in [-0.1, -0.05) is 24.3 Å². The molecular weight excluding hydrogens is 262 g/mol. The van der Waals surface area contributed by atoms with E-state index in [2.05, 4.69) is 18.2 Å². The van der Waals surface area contributed by atoms with Gasteiger partial charge in [0.1, 0.15) is 5.78 Å². The third kappa shape index (κ3) is 2.23. The van der Waals surface area contributed by atoms with Crippen molar-refractivity contribution in [2.75, 3.05) is 6.61 Å². The molecule has 2 N–H and O–H groups in total. The highest BCUT2D eigenvalue weighted by atomic mass is 16.5. The molecule has 112 valence electrons. The minimum Gasteiger partial charge on any atom is -0.373 e. The molecule has 1 aromatic rings. The molecule has 3 nitrogen and oxygen atoms in total. The number of nitrogens with two attached hydrogens (primary N) is 1. The van der Waals surface area contributed by atoms with E-state index < -0.39 is 0 Å². The summed E-state index contributed by atoms with van der Waals surface area (Å²) in [5, 5.41) is 0. The molecule has 1 heterocycles. The van der Waals surface area contributed by atoms with Crippen LogP contribution in [0.4, 0.5) is 0 Å². The van der Waals surface area contributed by atoms with E-state index in [0.717, 1.165) is 13.0 Å². The van der Waals surface area contributed by atoms with Gasteiger partial charge in [-0.15, -0.1) is 0 Å². The monoisotopic (exact) mass is 285 g/mol. The Kier molecular flexibility index (Phi) is 3.35. The highest BCUT2D eigenvalue weighted by Gasteiger charge is 2.49. The molecule has 0 amide bonds. The first-order valence-electron chi connectivity index (χ1n) is 8.21. The number of benzene rings is 1. The van der Waals surface area contributed by atoms with Crippen LogP contribution >= 0.6 is 0 Å². The van der Waals surface area contributed by atoms with Gasteiger partial charge in [0, 0.05) is 18.4 Å². The molecule has 2 saturated carbocycles. The lowest BCUT2D eigenvalue weighted by Crippen LogP contribution is -2.40. The summed E-state index contributed by atoms with van der Waals surface area (Å²) in [6.07, 6.45) is 4.97.